The molecule has 0 bridgehead atoms. The maximum absolute atomic E-state index is 13.0. The Kier molecular flexibility index (Phi) is 5.09. The zero-order valence-corrected chi connectivity index (χ0v) is 10.8. The number of nitrogens with two attached hydrogens (primary N) is 1. The van der Waals surface area contributed by atoms with E-state index in [0.29, 0.717) is 22.9 Å². The second kappa shape index (κ2) is 6.11. The fraction of sp³-hybridized carbons (Fsp3) is 0.417. The molecule has 0 aliphatic carbocycles. The van der Waals surface area contributed by atoms with Gasteiger partial charge in [-0.05, 0) is 37.1 Å². The lowest BCUT2D eigenvalue weighted by Crippen LogP contribution is -2.17. The standard InChI is InChI=1S/C12H15BrFNO/c1-8(15)2-3-12(16)6-9-4-10(13)7-11(14)5-9/h4-5,7-8H,2-3,6,15H2,1H3. The second-order valence-corrected chi connectivity index (χ2v) is 4.92. The topological polar surface area (TPSA) is 43.1 Å². The van der Waals surface area contributed by atoms with Crippen LogP contribution < -0.4 is 5.73 Å². The Morgan fingerprint density at radius 3 is 2.75 bits per heavy atom. The van der Waals surface area contributed by atoms with E-state index in [9.17, 15) is 9.18 Å². The van der Waals surface area contributed by atoms with E-state index in [1.807, 2.05) is 6.92 Å². The number of benzene rings is 1. The Balaban J connectivity index is 2.56. The fourth-order valence-corrected chi connectivity index (χ4v) is 1.93. The van der Waals surface area contributed by atoms with Crippen LogP contribution in [-0.2, 0) is 11.2 Å². The molecule has 0 spiro atoms. The number of hydrogen-bond acceptors (Lipinski definition) is 2. The Morgan fingerprint density at radius 1 is 1.50 bits per heavy atom. The van der Waals surface area contributed by atoms with E-state index in [1.165, 1.54) is 12.1 Å². The van der Waals surface area contributed by atoms with Crippen LogP contribution in [0.5, 0.6) is 0 Å². The van der Waals surface area contributed by atoms with Gasteiger partial charge in [0.2, 0.25) is 0 Å². The van der Waals surface area contributed by atoms with Gasteiger partial charge in [0.25, 0.3) is 0 Å². The summed E-state index contributed by atoms with van der Waals surface area (Å²) in [5, 5.41) is 0. The SMILES string of the molecule is CC(N)CCC(=O)Cc1cc(F)cc(Br)c1. The molecule has 0 heterocycles. The van der Waals surface area contributed by atoms with E-state index in [1.54, 1.807) is 6.07 Å². The zero-order valence-electron chi connectivity index (χ0n) is 9.17. The number of Topliss-reactive ketones (excluding diaryl/α,β-unsaturated/α-hetero) is 1. The molecule has 0 aliphatic rings. The summed E-state index contributed by atoms with van der Waals surface area (Å²) in [6.07, 6.45) is 1.39. The normalized spacial score (nSPS) is 12.5. The van der Waals surface area contributed by atoms with Gasteiger partial charge in [0.1, 0.15) is 11.6 Å². The van der Waals surface area contributed by atoms with E-state index >= 15 is 0 Å². The van der Waals surface area contributed by atoms with Gasteiger partial charge >= 0.3 is 0 Å². The molecular weight excluding hydrogens is 273 g/mol. The highest BCUT2D eigenvalue weighted by atomic mass is 79.9. The van der Waals surface area contributed by atoms with Crippen molar-refractivity contribution >= 4 is 21.7 Å². The third-order valence-corrected chi connectivity index (χ3v) is 2.66. The molecule has 0 radical (unpaired) electrons. The van der Waals surface area contributed by atoms with Crippen molar-refractivity contribution in [2.24, 2.45) is 5.73 Å². The molecule has 0 aromatic heterocycles. The minimum absolute atomic E-state index is 0.0307. The van der Waals surface area contributed by atoms with Gasteiger partial charge < -0.3 is 5.73 Å². The van der Waals surface area contributed by atoms with Crippen LogP contribution >= 0.6 is 15.9 Å². The van der Waals surface area contributed by atoms with Crippen molar-refractivity contribution in [3.8, 4) is 0 Å². The highest BCUT2D eigenvalue weighted by Gasteiger charge is 2.07. The molecular formula is C12H15BrFNO. The molecule has 0 saturated heterocycles. The van der Waals surface area contributed by atoms with Crippen LogP contribution in [0.3, 0.4) is 0 Å². The lowest BCUT2D eigenvalue weighted by Gasteiger charge is -2.05. The quantitative estimate of drug-likeness (QED) is 0.905. The second-order valence-electron chi connectivity index (χ2n) is 4.01. The fourth-order valence-electron chi connectivity index (χ4n) is 1.42. The van der Waals surface area contributed by atoms with E-state index in [0.717, 1.165) is 0 Å². The number of carbonyl (C=O) groups is 1. The first kappa shape index (κ1) is 13.3. The van der Waals surface area contributed by atoms with Crippen molar-refractivity contribution in [1.82, 2.24) is 0 Å². The molecule has 2 N–H and O–H groups in total. The van der Waals surface area contributed by atoms with Crippen molar-refractivity contribution < 1.29 is 9.18 Å². The summed E-state index contributed by atoms with van der Waals surface area (Å²) in [6, 6.07) is 4.54. The number of carbonyl (C=O) groups excluding carboxylic acids is 1. The van der Waals surface area contributed by atoms with Crippen LogP contribution in [0.15, 0.2) is 22.7 Å². The summed E-state index contributed by atoms with van der Waals surface area (Å²) >= 11 is 3.19. The minimum atomic E-state index is -0.329. The lowest BCUT2D eigenvalue weighted by atomic mass is 10.0. The molecule has 1 aromatic carbocycles. The van der Waals surface area contributed by atoms with Crippen LogP contribution in [0.4, 0.5) is 4.39 Å². The highest BCUT2D eigenvalue weighted by Crippen LogP contribution is 2.16. The van der Waals surface area contributed by atoms with Crippen molar-refractivity contribution in [3.05, 3.63) is 34.1 Å². The average Bonchev–Trinajstić information content (AvgIpc) is 2.12. The zero-order chi connectivity index (χ0) is 12.1. The number of rotatable bonds is 5. The summed E-state index contributed by atoms with van der Waals surface area (Å²) in [7, 11) is 0. The highest BCUT2D eigenvalue weighted by molar-refractivity contribution is 9.10. The predicted octanol–water partition coefficient (Wildman–Crippen LogP) is 2.83. The summed E-state index contributed by atoms with van der Waals surface area (Å²) < 4.78 is 13.7. The summed E-state index contributed by atoms with van der Waals surface area (Å²) in [5.41, 5.74) is 6.26. The summed E-state index contributed by atoms with van der Waals surface area (Å²) in [6.45, 7) is 1.87. The summed E-state index contributed by atoms with van der Waals surface area (Å²) in [5.74, 6) is -0.237. The Labute approximate surface area is 103 Å². The first-order chi connectivity index (χ1) is 7.47. The first-order valence-electron chi connectivity index (χ1n) is 5.19. The smallest absolute Gasteiger partial charge is 0.137 e. The van der Waals surface area contributed by atoms with Crippen LogP contribution in [0.1, 0.15) is 25.3 Å². The summed E-state index contributed by atoms with van der Waals surface area (Å²) in [4.78, 5) is 11.5. The van der Waals surface area contributed by atoms with E-state index in [2.05, 4.69) is 15.9 Å². The predicted molar refractivity (Wildman–Crippen MR) is 65.7 cm³/mol. The third-order valence-electron chi connectivity index (χ3n) is 2.20. The molecule has 0 fully saturated rings. The van der Waals surface area contributed by atoms with Gasteiger partial charge in [0, 0.05) is 23.4 Å². The third kappa shape index (κ3) is 4.86. The van der Waals surface area contributed by atoms with Gasteiger partial charge in [-0.25, -0.2) is 4.39 Å². The molecule has 88 valence electrons. The van der Waals surface area contributed by atoms with Crippen LogP contribution in [0.25, 0.3) is 0 Å². The monoisotopic (exact) mass is 287 g/mol. The van der Waals surface area contributed by atoms with Crippen LogP contribution in [0.2, 0.25) is 0 Å². The van der Waals surface area contributed by atoms with Crippen molar-refractivity contribution in [1.29, 1.82) is 0 Å². The van der Waals surface area contributed by atoms with Crippen molar-refractivity contribution in [2.75, 3.05) is 0 Å². The molecule has 4 heteroatoms. The van der Waals surface area contributed by atoms with Crippen LogP contribution in [-0.4, -0.2) is 11.8 Å². The van der Waals surface area contributed by atoms with E-state index in [-0.39, 0.29) is 24.1 Å². The van der Waals surface area contributed by atoms with Gasteiger partial charge in [-0.15, -0.1) is 0 Å². The van der Waals surface area contributed by atoms with Gasteiger partial charge in [-0.1, -0.05) is 15.9 Å². The molecule has 1 unspecified atom stereocenters. The van der Waals surface area contributed by atoms with E-state index < -0.39 is 0 Å². The molecule has 0 amide bonds. The number of ketones is 1. The molecule has 1 atom stereocenters. The van der Waals surface area contributed by atoms with Gasteiger partial charge in [-0.3, -0.25) is 4.79 Å². The Bertz CT molecular complexity index is 359. The molecule has 1 rings (SSSR count). The van der Waals surface area contributed by atoms with Crippen molar-refractivity contribution in [3.63, 3.8) is 0 Å². The van der Waals surface area contributed by atoms with E-state index in [4.69, 9.17) is 5.73 Å². The number of hydrogen-bond donors (Lipinski definition) is 1. The lowest BCUT2D eigenvalue weighted by molar-refractivity contribution is -0.118. The van der Waals surface area contributed by atoms with Crippen LogP contribution in [0, 0.1) is 5.82 Å². The largest absolute Gasteiger partial charge is 0.328 e. The maximum Gasteiger partial charge on any atom is 0.137 e. The first-order valence-corrected chi connectivity index (χ1v) is 5.99. The molecule has 1 aromatic rings. The maximum atomic E-state index is 13.0. The van der Waals surface area contributed by atoms with Crippen molar-refractivity contribution in [2.45, 2.75) is 32.2 Å². The van der Waals surface area contributed by atoms with Gasteiger partial charge in [-0.2, -0.15) is 0 Å². The Morgan fingerprint density at radius 2 is 2.19 bits per heavy atom. The number of halogens is 2. The molecule has 0 saturated carbocycles. The minimum Gasteiger partial charge on any atom is -0.328 e. The van der Waals surface area contributed by atoms with Gasteiger partial charge in [0.15, 0.2) is 0 Å². The molecule has 0 aliphatic heterocycles. The molecule has 16 heavy (non-hydrogen) atoms. The van der Waals surface area contributed by atoms with Gasteiger partial charge in [0.05, 0.1) is 0 Å². The Hall–Kier alpha value is -0.740. The average molecular weight is 288 g/mol. The molecule has 2 nitrogen and oxygen atoms in total.